The highest BCUT2D eigenvalue weighted by atomic mass is 16.5. The summed E-state index contributed by atoms with van der Waals surface area (Å²) in [4.78, 5) is 26.3. The lowest BCUT2D eigenvalue weighted by atomic mass is 9.93. The standard InChI is InChI=1S/C18H22N2O3/c1-23-18(22)20-12-11-13-7-5-6-10-15(13)16(20)17(21)19-14-8-3-2-4-9-14/h5-7,10-12,14,16H,2-4,8-9H2,1H3,(H,19,21). The van der Waals surface area contributed by atoms with E-state index in [-0.39, 0.29) is 11.9 Å². The lowest BCUT2D eigenvalue weighted by Crippen LogP contribution is -2.46. The molecule has 1 N–H and O–H groups in total. The van der Waals surface area contributed by atoms with Crippen LogP contribution in [-0.2, 0) is 9.53 Å². The molecule has 1 heterocycles. The van der Waals surface area contributed by atoms with Crippen molar-refractivity contribution in [2.45, 2.75) is 44.2 Å². The molecular weight excluding hydrogens is 292 g/mol. The molecule has 1 aromatic rings. The van der Waals surface area contributed by atoms with Gasteiger partial charge >= 0.3 is 6.09 Å². The summed E-state index contributed by atoms with van der Waals surface area (Å²) < 4.78 is 4.83. The lowest BCUT2D eigenvalue weighted by Gasteiger charge is -2.33. The number of fused-ring (bicyclic) bond motifs is 1. The van der Waals surface area contributed by atoms with E-state index in [9.17, 15) is 9.59 Å². The number of amides is 2. The molecule has 1 unspecified atom stereocenters. The van der Waals surface area contributed by atoms with Crippen molar-refractivity contribution in [2.24, 2.45) is 0 Å². The topological polar surface area (TPSA) is 58.6 Å². The highest BCUT2D eigenvalue weighted by molar-refractivity contribution is 5.90. The zero-order valence-electron chi connectivity index (χ0n) is 13.3. The Morgan fingerprint density at radius 3 is 2.65 bits per heavy atom. The molecule has 23 heavy (non-hydrogen) atoms. The molecule has 1 atom stereocenters. The Labute approximate surface area is 136 Å². The minimum absolute atomic E-state index is 0.140. The number of carbonyl (C=O) groups is 2. The molecule has 0 radical (unpaired) electrons. The van der Waals surface area contributed by atoms with E-state index in [0.717, 1.165) is 36.8 Å². The van der Waals surface area contributed by atoms with Gasteiger partial charge in [0.15, 0.2) is 0 Å². The van der Waals surface area contributed by atoms with Crippen molar-refractivity contribution in [3.8, 4) is 0 Å². The van der Waals surface area contributed by atoms with Crippen molar-refractivity contribution in [1.82, 2.24) is 10.2 Å². The first-order valence-corrected chi connectivity index (χ1v) is 8.14. The molecule has 1 aromatic carbocycles. The van der Waals surface area contributed by atoms with Crippen LogP contribution in [0.2, 0.25) is 0 Å². The minimum Gasteiger partial charge on any atom is -0.452 e. The number of benzene rings is 1. The Bertz CT molecular complexity index is 620. The Morgan fingerprint density at radius 2 is 1.91 bits per heavy atom. The van der Waals surface area contributed by atoms with Crippen LogP contribution in [0.3, 0.4) is 0 Å². The number of methoxy groups -OCH3 is 1. The fourth-order valence-corrected chi connectivity index (χ4v) is 3.37. The van der Waals surface area contributed by atoms with Crippen molar-refractivity contribution in [3.05, 3.63) is 41.6 Å². The predicted octanol–water partition coefficient (Wildman–Crippen LogP) is 3.23. The van der Waals surface area contributed by atoms with Gasteiger partial charge in [0, 0.05) is 12.2 Å². The van der Waals surface area contributed by atoms with Crippen LogP contribution < -0.4 is 5.32 Å². The van der Waals surface area contributed by atoms with Crippen LogP contribution >= 0.6 is 0 Å². The molecule has 122 valence electrons. The third-order valence-corrected chi connectivity index (χ3v) is 4.57. The molecule has 3 rings (SSSR count). The third kappa shape index (κ3) is 3.23. The molecule has 0 bridgehead atoms. The monoisotopic (exact) mass is 314 g/mol. The van der Waals surface area contributed by atoms with Crippen molar-refractivity contribution < 1.29 is 14.3 Å². The average molecular weight is 314 g/mol. The normalized spacial score (nSPS) is 20.7. The number of hydrogen-bond acceptors (Lipinski definition) is 3. The van der Waals surface area contributed by atoms with Gasteiger partial charge in [-0.1, -0.05) is 43.5 Å². The van der Waals surface area contributed by atoms with Gasteiger partial charge in [0.1, 0.15) is 6.04 Å². The lowest BCUT2D eigenvalue weighted by molar-refractivity contribution is -0.126. The molecule has 0 saturated heterocycles. The predicted molar refractivity (Wildman–Crippen MR) is 87.5 cm³/mol. The SMILES string of the molecule is COC(=O)N1C=Cc2ccccc2C1C(=O)NC1CCCCC1. The third-order valence-electron chi connectivity index (χ3n) is 4.57. The Hall–Kier alpha value is -2.30. The van der Waals surface area contributed by atoms with E-state index in [4.69, 9.17) is 4.74 Å². The summed E-state index contributed by atoms with van der Waals surface area (Å²) in [6, 6.07) is 7.17. The fourth-order valence-electron chi connectivity index (χ4n) is 3.37. The summed E-state index contributed by atoms with van der Waals surface area (Å²) in [6.45, 7) is 0. The number of rotatable bonds is 2. The summed E-state index contributed by atoms with van der Waals surface area (Å²) in [6.07, 6.45) is 8.47. The smallest absolute Gasteiger partial charge is 0.414 e. The molecule has 1 saturated carbocycles. The molecule has 2 aliphatic rings. The van der Waals surface area contributed by atoms with Gasteiger partial charge in [0.2, 0.25) is 5.91 Å². The largest absolute Gasteiger partial charge is 0.452 e. The maximum atomic E-state index is 12.9. The second-order valence-electron chi connectivity index (χ2n) is 6.07. The van der Waals surface area contributed by atoms with E-state index < -0.39 is 12.1 Å². The summed E-state index contributed by atoms with van der Waals surface area (Å²) >= 11 is 0. The Kier molecular flexibility index (Phi) is 4.65. The van der Waals surface area contributed by atoms with Gasteiger partial charge in [-0.05, 0) is 30.0 Å². The fraction of sp³-hybridized carbons (Fsp3) is 0.444. The zero-order chi connectivity index (χ0) is 16.2. The van der Waals surface area contributed by atoms with E-state index in [2.05, 4.69) is 5.32 Å². The van der Waals surface area contributed by atoms with Crippen LogP contribution in [0.15, 0.2) is 30.5 Å². The van der Waals surface area contributed by atoms with Crippen molar-refractivity contribution in [1.29, 1.82) is 0 Å². The number of hydrogen-bond donors (Lipinski definition) is 1. The van der Waals surface area contributed by atoms with E-state index >= 15 is 0 Å². The molecule has 1 fully saturated rings. The first-order valence-electron chi connectivity index (χ1n) is 8.14. The van der Waals surface area contributed by atoms with Gasteiger partial charge < -0.3 is 10.1 Å². The maximum Gasteiger partial charge on any atom is 0.414 e. The van der Waals surface area contributed by atoms with E-state index in [0.29, 0.717) is 0 Å². The number of nitrogens with zero attached hydrogens (tertiary/aromatic N) is 1. The highest BCUT2D eigenvalue weighted by Gasteiger charge is 2.35. The first kappa shape index (κ1) is 15.6. The number of carbonyl (C=O) groups excluding carboxylic acids is 2. The molecule has 2 amide bonds. The number of ether oxygens (including phenoxy) is 1. The van der Waals surface area contributed by atoms with Crippen LogP contribution in [0.4, 0.5) is 4.79 Å². The molecule has 0 spiro atoms. The molecule has 1 aliphatic carbocycles. The minimum atomic E-state index is -0.675. The summed E-state index contributed by atoms with van der Waals surface area (Å²) in [7, 11) is 1.33. The Balaban J connectivity index is 1.86. The van der Waals surface area contributed by atoms with Crippen LogP contribution in [0.25, 0.3) is 6.08 Å². The molecule has 1 aliphatic heterocycles. The zero-order valence-corrected chi connectivity index (χ0v) is 13.3. The molecule has 5 heteroatoms. The van der Waals surface area contributed by atoms with Crippen LogP contribution in [0.1, 0.15) is 49.3 Å². The second-order valence-corrected chi connectivity index (χ2v) is 6.07. The first-order chi connectivity index (χ1) is 11.2. The van der Waals surface area contributed by atoms with Crippen molar-refractivity contribution >= 4 is 18.1 Å². The van der Waals surface area contributed by atoms with Crippen molar-refractivity contribution in [3.63, 3.8) is 0 Å². The summed E-state index contributed by atoms with van der Waals surface area (Å²) in [5.74, 6) is -0.140. The molecule has 5 nitrogen and oxygen atoms in total. The molecular formula is C18H22N2O3. The summed E-state index contributed by atoms with van der Waals surface area (Å²) in [5, 5.41) is 3.12. The van der Waals surface area contributed by atoms with E-state index in [1.54, 1.807) is 6.20 Å². The van der Waals surface area contributed by atoms with Crippen molar-refractivity contribution in [2.75, 3.05) is 7.11 Å². The van der Waals surface area contributed by atoms with Crippen LogP contribution in [0, 0.1) is 0 Å². The van der Waals surface area contributed by atoms with Crippen LogP contribution in [-0.4, -0.2) is 30.1 Å². The van der Waals surface area contributed by atoms with Gasteiger partial charge in [0.05, 0.1) is 7.11 Å². The van der Waals surface area contributed by atoms with Gasteiger partial charge in [-0.3, -0.25) is 9.69 Å². The maximum absolute atomic E-state index is 12.9. The quantitative estimate of drug-likeness (QED) is 0.912. The Morgan fingerprint density at radius 1 is 1.17 bits per heavy atom. The number of nitrogens with one attached hydrogen (secondary N) is 1. The van der Waals surface area contributed by atoms with E-state index in [1.807, 2.05) is 30.3 Å². The van der Waals surface area contributed by atoms with Gasteiger partial charge in [-0.2, -0.15) is 0 Å². The second kappa shape index (κ2) is 6.86. The molecule has 0 aromatic heterocycles. The van der Waals surface area contributed by atoms with Gasteiger partial charge in [0.25, 0.3) is 0 Å². The van der Waals surface area contributed by atoms with E-state index in [1.165, 1.54) is 18.4 Å². The van der Waals surface area contributed by atoms with Crippen LogP contribution in [0.5, 0.6) is 0 Å². The van der Waals surface area contributed by atoms with Gasteiger partial charge in [-0.15, -0.1) is 0 Å². The van der Waals surface area contributed by atoms with Gasteiger partial charge in [-0.25, -0.2) is 4.79 Å². The highest BCUT2D eigenvalue weighted by Crippen LogP contribution is 2.31. The average Bonchev–Trinajstić information content (AvgIpc) is 2.60. The summed E-state index contributed by atoms with van der Waals surface area (Å²) in [5.41, 5.74) is 1.78.